The van der Waals surface area contributed by atoms with E-state index in [1.807, 2.05) is 31.2 Å². The van der Waals surface area contributed by atoms with Gasteiger partial charge in [-0.1, -0.05) is 24.3 Å². The van der Waals surface area contributed by atoms with Crippen molar-refractivity contribution in [2.24, 2.45) is 4.99 Å². The van der Waals surface area contributed by atoms with Crippen LogP contribution in [0.3, 0.4) is 0 Å². The van der Waals surface area contributed by atoms with E-state index in [-0.39, 0.29) is 12.3 Å². The zero-order chi connectivity index (χ0) is 16.7. The van der Waals surface area contributed by atoms with Crippen molar-refractivity contribution >= 4 is 21.7 Å². The Morgan fingerprint density at radius 2 is 2.17 bits per heavy atom. The molecule has 126 valence electrons. The van der Waals surface area contributed by atoms with Crippen molar-refractivity contribution in [2.45, 2.75) is 13.3 Å². The number of para-hydroxylation sites is 1. The fraction of sp³-hybridized carbons (Fsp3) is 0.438. The van der Waals surface area contributed by atoms with Gasteiger partial charge in [0.25, 0.3) is 0 Å². The van der Waals surface area contributed by atoms with Gasteiger partial charge in [-0.3, -0.25) is 9.30 Å². The molecule has 0 radical (unpaired) electrons. The summed E-state index contributed by atoms with van der Waals surface area (Å²) in [6.07, 6.45) is 2.49. The molecule has 1 aliphatic rings. The smallest absolute Gasteiger partial charge is 0.237 e. The SMILES string of the molecule is C=CCNC(=NCCS(=O)(=O)N1CCc2ccccc21)NCC. The molecule has 0 saturated heterocycles. The standard InChI is InChI=1S/C16H24N4O2S/c1-3-10-18-16(17-4-2)19-11-13-23(21,22)20-12-9-14-7-5-6-8-15(14)20/h3,5-8H,1,4,9-13H2,2H3,(H2,17,18,19). The van der Waals surface area contributed by atoms with E-state index in [0.717, 1.165) is 24.2 Å². The second kappa shape index (κ2) is 8.01. The van der Waals surface area contributed by atoms with Crippen LogP contribution in [0.15, 0.2) is 41.9 Å². The number of hydrogen-bond acceptors (Lipinski definition) is 3. The highest BCUT2D eigenvalue weighted by Crippen LogP contribution is 2.29. The lowest BCUT2D eigenvalue weighted by Gasteiger charge is -2.19. The average Bonchev–Trinajstić information content (AvgIpc) is 2.97. The highest BCUT2D eigenvalue weighted by molar-refractivity contribution is 7.92. The normalized spacial score (nSPS) is 14.5. The first-order valence-electron chi connectivity index (χ1n) is 7.80. The number of benzene rings is 1. The minimum absolute atomic E-state index is 0.00794. The Morgan fingerprint density at radius 3 is 2.91 bits per heavy atom. The number of hydrogen-bond donors (Lipinski definition) is 2. The Labute approximate surface area is 138 Å². The lowest BCUT2D eigenvalue weighted by atomic mass is 10.2. The molecule has 7 heteroatoms. The number of fused-ring (bicyclic) bond motifs is 1. The van der Waals surface area contributed by atoms with Gasteiger partial charge in [-0.25, -0.2) is 8.42 Å². The number of guanidine groups is 1. The molecule has 0 fully saturated rings. The first-order chi connectivity index (χ1) is 11.1. The van der Waals surface area contributed by atoms with Crippen molar-refractivity contribution in [2.75, 3.05) is 36.2 Å². The van der Waals surface area contributed by atoms with Crippen LogP contribution in [0, 0.1) is 0 Å². The quantitative estimate of drug-likeness (QED) is 0.445. The zero-order valence-corrected chi connectivity index (χ0v) is 14.3. The van der Waals surface area contributed by atoms with E-state index in [1.165, 1.54) is 4.31 Å². The van der Waals surface area contributed by atoms with Crippen molar-refractivity contribution in [3.63, 3.8) is 0 Å². The summed E-state index contributed by atoms with van der Waals surface area (Å²) < 4.78 is 26.6. The van der Waals surface area contributed by atoms with E-state index in [2.05, 4.69) is 22.2 Å². The summed E-state index contributed by atoms with van der Waals surface area (Å²) in [6, 6.07) is 7.64. The number of sulfonamides is 1. The predicted molar refractivity (Wildman–Crippen MR) is 95.5 cm³/mol. The molecule has 0 aromatic heterocycles. The van der Waals surface area contributed by atoms with Crippen molar-refractivity contribution < 1.29 is 8.42 Å². The molecule has 2 N–H and O–H groups in total. The summed E-state index contributed by atoms with van der Waals surface area (Å²) in [7, 11) is -3.35. The third-order valence-corrected chi connectivity index (χ3v) is 5.31. The molecule has 1 heterocycles. The summed E-state index contributed by atoms with van der Waals surface area (Å²) in [6.45, 7) is 7.63. The van der Waals surface area contributed by atoms with E-state index in [0.29, 0.717) is 19.0 Å². The minimum Gasteiger partial charge on any atom is -0.357 e. The Bertz CT molecular complexity index is 670. The Hall–Kier alpha value is -2.02. The molecule has 0 atom stereocenters. The first kappa shape index (κ1) is 17.3. The van der Waals surface area contributed by atoms with Crippen molar-refractivity contribution in [3.05, 3.63) is 42.5 Å². The fourth-order valence-corrected chi connectivity index (χ4v) is 3.88. The van der Waals surface area contributed by atoms with Gasteiger partial charge in [-0.15, -0.1) is 6.58 Å². The Kier molecular flexibility index (Phi) is 6.04. The molecular weight excluding hydrogens is 312 g/mol. The van der Waals surface area contributed by atoms with Crippen LogP contribution in [0.1, 0.15) is 12.5 Å². The summed E-state index contributed by atoms with van der Waals surface area (Å²) in [5, 5.41) is 6.13. The largest absolute Gasteiger partial charge is 0.357 e. The predicted octanol–water partition coefficient (Wildman–Crippen LogP) is 1.12. The maximum Gasteiger partial charge on any atom is 0.237 e. The van der Waals surface area contributed by atoms with Gasteiger partial charge < -0.3 is 10.6 Å². The van der Waals surface area contributed by atoms with E-state index in [1.54, 1.807) is 6.08 Å². The molecule has 1 aromatic carbocycles. The van der Waals surface area contributed by atoms with Crippen LogP contribution in [-0.2, 0) is 16.4 Å². The Balaban J connectivity index is 2.00. The monoisotopic (exact) mass is 336 g/mol. The number of nitrogens with one attached hydrogen (secondary N) is 2. The fourth-order valence-electron chi connectivity index (χ4n) is 2.49. The number of aliphatic imine (C=N–C) groups is 1. The van der Waals surface area contributed by atoms with Gasteiger partial charge in [0.05, 0.1) is 18.0 Å². The molecule has 0 aliphatic carbocycles. The summed E-state index contributed by atoms with van der Waals surface area (Å²) in [5.74, 6) is 0.593. The highest BCUT2D eigenvalue weighted by atomic mass is 32.2. The van der Waals surface area contributed by atoms with E-state index < -0.39 is 10.0 Å². The molecule has 1 aromatic rings. The lowest BCUT2D eigenvalue weighted by Crippen LogP contribution is -2.38. The number of anilines is 1. The van der Waals surface area contributed by atoms with Crippen LogP contribution in [0.4, 0.5) is 5.69 Å². The topological polar surface area (TPSA) is 73.8 Å². The molecule has 2 rings (SSSR count). The van der Waals surface area contributed by atoms with Crippen LogP contribution in [0.2, 0.25) is 0 Å². The third kappa shape index (κ3) is 4.48. The Morgan fingerprint density at radius 1 is 1.39 bits per heavy atom. The maximum atomic E-state index is 12.5. The van der Waals surface area contributed by atoms with E-state index in [4.69, 9.17) is 0 Å². The van der Waals surface area contributed by atoms with Crippen molar-refractivity contribution in [1.29, 1.82) is 0 Å². The lowest BCUT2D eigenvalue weighted by molar-refractivity contribution is 0.592. The highest BCUT2D eigenvalue weighted by Gasteiger charge is 2.28. The first-order valence-corrected chi connectivity index (χ1v) is 9.41. The molecule has 6 nitrogen and oxygen atoms in total. The van der Waals surface area contributed by atoms with Crippen LogP contribution >= 0.6 is 0 Å². The molecule has 0 amide bonds. The van der Waals surface area contributed by atoms with E-state index >= 15 is 0 Å². The molecule has 0 spiro atoms. The summed E-state index contributed by atoms with van der Waals surface area (Å²) in [4.78, 5) is 4.30. The molecule has 0 saturated carbocycles. The third-order valence-electron chi connectivity index (χ3n) is 3.56. The molecule has 0 unspecified atom stereocenters. The van der Waals surface area contributed by atoms with Gasteiger partial charge in [0.1, 0.15) is 0 Å². The van der Waals surface area contributed by atoms with Gasteiger partial charge in [-0.05, 0) is 25.0 Å². The van der Waals surface area contributed by atoms with Crippen LogP contribution < -0.4 is 14.9 Å². The molecule has 0 bridgehead atoms. The molecule has 23 heavy (non-hydrogen) atoms. The van der Waals surface area contributed by atoms with Crippen LogP contribution in [0.5, 0.6) is 0 Å². The average molecular weight is 336 g/mol. The van der Waals surface area contributed by atoms with Crippen molar-refractivity contribution in [3.8, 4) is 0 Å². The molecule has 1 aliphatic heterocycles. The van der Waals surface area contributed by atoms with Gasteiger partial charge in [0, 0.05) is 19.6 Å². The number of nitrogens with zero attached hydrogens (tertiary/aromatic N) is 2. The summed E-state index contributed by atoms with van der Waals surface area (Å²) in [5.41, 5.74) is 1.88. The van der Waals surface area contributed by atoms with Crippen LogP contribution in [-0.4, -0.2) is 46.3 Å². The number of rotatable bonds is 7. The molecular formula is C16H24N4O2S. The van der Waals surface area contributed by atoms with Crippen molar-refractivity contribution in [1.82, 2.24) is 10.6 Å². The second-order valence-electron chi connectivity index (χ2n) is 5.20. The second-order valence-corrected chi connectivity index (χ2v) is 7.21. The maximum absolute atomic E-state index is 12.5. The van der Waals surface area contributed by atoms with Gasteiger partial charge in [-0.2, -0.15) is 0 Å². The summed E-state index contributed by atoms with van der Waals surface area (Å²) >= 11 is 0. The minimum atomic E-state index is -3.35. The van der Waals surface area contributed by atoms with Gasteiger partial charge in [0.15, 0.2) is 5.96 Å². The van der Waals surface area contributed by atoms with E-state index in [9.17, 15) is 8.42 Å². The zero-order valence-electron chi connectivity index (χ0n) is 13.5. The van der Waals surface area contributed by atoms with Gasteiger partial charge in [0.2, 0.25) is 10.0 Å². The van der Waals surface area contributed by atoms with Gasteiger partial charge >= 0.3 is 0 Å². The van der Waals surface area contributed by atoms with Crippen LogP contribution in [0.25, 0.3) is 0 Å².